The Morgan fingerprint density at radius 1 is 1.04 bits per heavy atom. The zero-order chi connectivity index (χ0) is 32.1. The molecule has 1 amide bonds. The Balaban J connectivity index is 1.42. The van der Waals surface area contributed by atoms with Crippen LogP contribution in [0.15, 0.2) is 39.1 Å². The van der Waals surface area contributed by atoms with Gasteiger partial charge in [-0.25, -0.2) is 9.00 Å². The van der Waals surface area contributed by atoms with Gasteiger partial charge in [0.05, 0.1) is 12.7 Å². The number of amidine groups is 2. The molecule has 0 aromatic heterocycles. The van der Waals surface area contributed by atoms with Crippen LogP contribution in [0.25, 0.3) is 0 Å². The Morgan fingerprint density at radius 2 is 1.82 bits per heavy atom. The molecule has 1 aliphatic carbocycles. The number of carbonyl (C=O) groups excluding carboxylic acids is 1. The Bertz CT molecular complexity index is 1140. The van der Waals surface area contributed by atoms with E-state index in [-0.39, 0.29) is 24.2 Å². The average Bonchev–Trinajstić information content (AvgIpc) is 3.40. The molecular weight excluding hydrogens is 607 g/mol. The minimum atomic E-state index is -1.68. The van der Waals surface area contributed by atoms with E-state index in [9.17, 15) is 9.00 Å². The zero-order valence-corrected chi connectivity index (χ0v) is 29.6. The van der Waals surface area contributed by atoms with Gasteiger partial charge in [0, 0.05) is 60.0 Å². The molecular formula is C33H55N5O5SSi. The van der Waals surface area contributed by atoms with E-state index in [0.29, 0.717) is 44.0 Å². The van der Waals surface area contributed by atoms with Crippen molar-refractivity contribution in [2.24, 2.45) is 20.6 Å². The highest BCUT2D eigenvalue weighted by atomic mass is 32.2. The van der Waals surface area contributed by atoms with Crippen LogP contribution in [0.5, 0.6) is 0 Å². The van der Waals surface area contributed by atoms with Gasteiger partial charge in [-0.3, -0.25) is 0 Å². The second kappa shape index (κ2) is 18.2. The largest absolute Gasteiger partial charge is 0.450 e. The average molecular weight is 662 g/mol. The molecule has 4 rings (SSSR count). The maximum atomic E-state index is 12.7. The minimum absolute atomic E-state index is 0.0538. The predicted molar refractivity (Wildman–Crippen MR) is 185 cm³/mol. The molecule has 1 aromatic carbocycles. The van der Waals surface area contributed by atoms with E-state index in [1.54, 1.807) is 7.11 Å². The Labute approximate surface area is 273 Å². The maximum absolute atomic E-state index is 12.7. The first-order valence-corrected chi connectivity index (χ1v) is 21.7. The second-order valence-corrected chi connectivity index (χ2v) is 20.3. The number of nitrogens with one attached hydrogen (secondary N) is 2. The summed E-state index contributed by atoms with van der Waals surface area (Å²) < 4.78 is 38.9. The van der Waals surface area contributed by atoms with Crippen molar-refractivity contribution in [3.05, 3.63) is 35.9 Å². The summed E-state index contributed by atoms with van der Waals surface area (Å²) in [5.41, 5.74) is 1.17. The summed E-state index contributed by atoms with van der Waals surface area (Å²) in [6, 6.07) is 11.3. The number of ether oxygens (including phenoxy) is 3. The number of likely N-dealkylation sites (tertiary alicyclic amines) is 1. The number of piperidine rings is 1. The van der Waals surface area contributed by atoms with Gasteiger partial charge < -0.3 is 29.7 Å². The fourth-order valence-electron chi connectivity index (χ4n) is 6.48. The van der Waals surface area contributed by atoms with E-state index in [2.05, 4.69) is 68.2 Å². The van der Waals surface area contributed by atoms with Gasteiger partial charge in [0.1, 0.15) is 0 Å². The van der Waals surface area contributed by atoms with Crippen LogP contribution in [0.1, 0.15) is 69.5 Å². The molecule has 12 heteroatoms. The quantitative estimate of drug-likeness (QED) is 0.178. The lowest BCUT2D eigenvalue weighted by Gasteiger charge is -2.38. The molecule has 45 heavy (non-hydrogen) atoms. The van der Waals surface area contributed by atoms with Gasteiger partial charge in [-0.15, -0.1) is 8.80 Å². The van der Waals surface area contributed by atoms with Crippen molar-refractivity contribution < 1.29 is 23.2 Å². The molecule has 2 aliphatic heterocycles. The monoisotopic (exact) mass is 661 g/mol. The van der Waals surface area contributed by atoms with Crippen LogP contribution >= 0.6 is 0 Å². The summed E-state index contributed by atoms with van der Waals surface area (Å²) in [7, 11) is 0.424. The number of methoxy groups -OCH3 is 1. The van der Waals surface area contributed by atoms with Crippen LogP contribution in [0.4, 0.5) is 4.79 Å². The van der Waals surface area contributed by atoms with Crippen molar-refractivity contribution in [2.45, 2.75) is 95.6 Å². The number of hydrogen-bond acceptors (Lipinski definition) is 7. The van der Waals surface area contributed by atoms with Crippen LogP contribution in [0.3, 0.4) is 0 Å². The first-order valence-electron chi connectivity index (χ1n) is 16.9. The molecule has 3 unspecified atom stereocenters. The smallest absolute Gasteiger partial charge is 0.407 e. The Kier molecular flexibility index (Phi) is 14.4. The molecule has 2 heterocycles. The summed E-state index contributed by atoms with van der Waals surface area (Å²) in [5, 5.41) is 6.57. The summed E-state index contributed by atoms with van der Waals surface area (Å²) in [6.45, 7) is 10.5. The van der Waals surface area contributed by atoms with Crippen molar-refractivity contribution in [1.82, 2.24) is 15.5 Å². The molecule has 0 radical (unpaired) electrons. The topological polar surface area (TPSA) is 114 Å². The molecule has 2 fully saturated rings. The number of alkyl carbamates (subject to hydrolysis) is 1. The Hall–Kier alpha value is -2.28. The molecule has 10 nitrogen and oxygen atoms in total. The standard InChI is InChI=1S/C33H55N5O5SSi/c1-41-19-12-20-42-30(27-15-9-6-10-16-27)28-17-11-18-38(25-28)32-31(36-44(40)37-32)35-29(23-26-13-7-5-8-14-26)24-34-33(39)43-21-22-45(2,3)4/h6,9-10,15-16,26,28-30H,5,7-8,11-14,17-25H2,1-4H3,(H,34,39)(H,35,36)/t28?,29-,30?,44?/m0/s1. The molecule has 3 aliphatic rings. The number of amides is 1. The van der Waals surface area contributed by atoms with Crippen molar-refractivity contribution >= 4 is 37.0 Å². The highest BCUT2D eigenvalue weighted by molar-refractivity contribution is 7.83. The van der Waals surface area contributed by atoms with Crippen LogP contribution in [-0.2, 0) is 25.4 Å². The third-order valence-corrected chi connectivity index (χ3v) is 11.3. The molecule has 0 bridgehead atoms. The maximum Gasteiger partial charge on any atom is 0.407 e. The van der Waals surface area contributed by atoms with E-state index in [0.717, 1.165) is 44.8 Å². The molecule has 0 spiro atoms. The highest BCUT2D eigenvalue weighted by Crippen LogP contribution is 2.34. The zero-order valence-electron chi connectivity index (χ0n) is 27.8. The van der Waals surface area contributed by atoms with Crippen LogP contribution in [-0.4, -0.2) is 87.6 Å². The van der Waals surface area contributed by atoms with E-state index < -0.39 is 19.2 Å². The fourth-order valence-corrected chi connectivity index (χ4v) is 7.88. The van der Waals surface area contributed by atoms with Crippen LogP contribution < -0.4 is 10.6 Å². The van der Waals surface area contributed by atoms with E-state index >= 15 is 0 Å². The summed E-state index contributed by atoms with van der Waals surface area (Å²) in [4.78, 5) is 14.8. The van der Waals surface area contributed by atoms with Crippen LogP contribution in [0.2, 0.25) is 25.7 Å². The number of hydrogen-bond donors (Lipinski definition) is 2. The van der Waals surface area contributed by atoms with Gasteiger partial charge in [0.25, 0.3) is 11.2 Å². The summed E-state index contributed by atoms with van der Waals surface area (Å²) in [6.07, 6.45) is 9.47. The van der Waals surface area contributed by atoms with Gasteiger partial charge in [-0.2, -0.15) is 0 Å². The molecule has 1 saturated heterocycles. The first-order chi connectivity index (χ1) is 21.7. The van der Waals surface area contributed by atoms with Crippen molar-refractivity contribution in [3.63, 3.8) is 0 Å². The molecule has 2 N–H and O–H groups in total. The third kappa shape index (κ3) is 12.1. The molecule has 1 saturated carbocycles. The number of benzene rings is 1. The first kappa shape index (κ1) is 35.6. The highest BCUT2D eigenvalue weighted by Gasteiger charge is 2.35. The lowest BCUT2D eigenvalue weighted by molar-refractivity contribution is -0.0139. The normalized spacial score (nSPS) is 22.4. The lowest BCUT2D eigenvalue weighted by Crippen LogP contribution is -2.52. The third-order valence-electron chi connectivity index (χ3n) is 8.91. The number of carbonyl (C=O) groups is 1. The number of nitrogens with zero attached hydrogens (tertiary/aromatic N) is 3. The SMILES string of the molecule is COCCCOC(c1ccccc1)C1CCCN(C2=NS(=O)N=C2N[C@H](CNC(=O)OCC[Si](C)(C)C)CC2CCCCC2)C1. The lowest BCUT2D eigenvalue weighted by atomic mass is 9.84. The van der Waals surface area contributed by atoms with E-state index in [4.69, 9.17) is 14.2 Å². The van der Waals surface area contributed by atoms with Gasteiger partial charge in [0.2, 0.25) is 0 Å². The van der Waals surface area contributed by atoms with Crippen molar-refractivity contribution in [2.75, 3.05) is 46.6 Å². The van der Waals surface area contributed by atoms with Crippen molar-refractivity contribution in [1.29, 1.82) is 0 Å². The van der Waals surface area contributed by atoms with Gasteiger partial charge in [-0.05, 0) is 43.2 Å². The summed E-state index contributed by atoms with van der Waals surface area (Å²) >= 11 is -1.68. The van der Waals surface area contributed by atoms with E-state index in [1.165, 1.54) is 37.7 Å². The second-order valence-electron chi connectivity index (χ2n) is 13.9. The number of rotatable bonds is 15. The van der Waals surface area contributed by atoms with Crippen molar-refractivity contribution in [3.8, 4) is 0 Å². The molecule has 1 aromatic rings. The fraction of sp³-hybridized carbons (Fsp3) is 0.727. The van der Waals surface area contributed by atoms with Gasteiger partial charge in [0.15, 0.2) is 11.7 Å². The Morgan fingerprint density at radius 3 is 2.56 bits per heavy atom. The van der Waals surface area contributed by atoms with Gasteiger partial charge in [-0.1, -0.05) is 82.1 Å². The van der Waals surface area contributed by atoms with E-state index in [1.807, 2.05) is 6.07 Å². The van der Waals surface area contributed by atoms with Crippen LogP contribution in [0, 0.1) is 11.8 Å². The predicted octanol–water partition coefficient (Wildman–Crippen LogP) is 5.88. The summed E-state index contributed by atoms with van der Waals surface area (Å²) in [5.74, 6) is 2.03. The minimum Gasteiger partial charge on any atom is -0.450 e. The molecule has 252 valence electrons. The molecule has 4 atom stereocenters. The van der Waals surface area contributed by atoms with Gasteiger partial charge >= 0.3 is 6.09 Å².